The molecule has 1 aromatic heterocycles. The molecule has 3 heterocycles. The molecular formula is C16H24N4O. The quantitative estimate of drug-likeness (QED) is 0.809. The van der Waals surface area contributed by atoms with E-state index in [0.717, 1.165) is 57.3 Å². The highest BCUT2D eigenvalue weighted by atomic mass is 16.2. The van der Waals surface area contributed by atoms with Crippen molar-refractivity contribution in [3.05, 3.63) is 17.5 Å². The van der Waals surface area contributed by atoms with Crippen molar-refractivity contribution in [3.63, 3.8) is 0 Å². The maximum Gasteiger partial charge on any atom is 0.226 e. The Labute approximate surface area is 125 Å². The number of amides is 1. The van der Waals surface area contributed by atoms with Gasteiger partial charge in [-0.15, -0.1) is 0 Å². The minimum absolute atomic E-state index is 0.161. The number of aryl methyl sites for hydroxylation is 1. The highest BCUT2D eigenvalue weighted by Gasteiger charge is 2.34. The van der Waals surface area contributed by atoms with Crippen molar-refractivity contribution in [2.24, 2.45) is 17.8 Å². The molecule has 3 aliphatic rings. The van der Waals surface area contributed by atoms with Crippen molar-refractivity contribution in [3.8, 4) is 0 Å². The first-order valence-electron chi connectivity index (χ1n) is 8.32. The lowest BCUT2D eigenvalue weighted by atomic mass is 9.87. The third-order valence-corrected chi connectivity index (χ3v) is 5.70. The lowest BCUT2D eigenvalue weighted by Crippen LogP contribution is -2.39. The van der Waals surface area contributed by atoms with E-state index in [1.807, 2.05) is 6.20 Å². The summed E-state index contributed by atoms with van der Waals surface area (Å²) in [4.78, 5) is 15.0. The lowest BCUT2D eigenvalue weighted by molar-refractivity contribution is -0.135. The maximum atomic E-state index is 12.8. The van der Waals surface area contributed by atoms with Crippen LogP contribution in [0.15, 0.2) is 6.20 Å². The van der Waals surface area contributed by atoms with Crippen molar-refractivity contribution < 1.29 is 4.79 Å². The molecule has 0 aromatic carbocycles. The Morgan fingerprint density at radius 2 is 1.95 bits per heavy atom. The zero-order valence-corrected chi connectivity index (χ0v) is 12.5. The smallest absolute Gasteiger partial charge is 0.226 e. The van der Waals surface area contributed by atoms with Gasteiger partial charge < -0.3 is 10.2 Å². The topological polar surface area (TPSA) is 61.0 Å². The molecule has 1 aliphatic carbocycles. The molecule has 3 atom stereocenters. The average molecular weight is 288 g/mol. The summed E-state index contributed by atoms with van der Waals surface area (Å²) in [6, 6.07) is 0. The highest BCUT2D eigenvalue weighted by Crippen LogP contribution is 2.30. The van der Waals surface area contributed by atoms with Crippen molar-refractivity contribution in [2.45, 2.75) is 32.1 Å². The number of nitrogens with one attached hydrogen (secondary N) is 2. The lowest BCUT2D eigenvalue weighted by Gasteiger charge is -2.28. The summed E-state index contributed by atoms with van der Waals surface area (Å²) in [6.07, 6.45) is 7.08. The van der Waals surface area contributed by atoms with E-state index < -0.39 is 0 Å². The first kappa shape index (κ1) is 13.3. The second-order valence-electron chi connectivity index (χ2n) is 6.89. The van der Waals surface area contributed by atoms with Gasteiger partial charge in [-0.25, -0.2) is 0 Å². The Bertz CT molecular complexity index is 512. The normalized spacial score (nSPS) is 32.4. The number of carbonyl (C=O) groups is 1. The fourth-order valence-electron chi connectivity index (χ4n) is 4.32. The Morgan fingerprint density at radius 3 is 2.71 bits per heavy atom. The van der Waals surface area contributed by atoms with Crippen molar-refractivity contribution in [1.82, 2.24) is 20.4 Å². The number of rotatable bonds is 1. The van der Waals surface area contributed by atoms with Crippen LogP contribution in [0.25, 0.3) is 0 Å². The van der Waals surface area contributed by atoms with Crippen molar-refractivity contribution >= 4 is 5.91 Å². The van der Waals surface area contributed by atoms with Gasteiger partial charge in [0.2, 0.25) is 5.91 Å². The summed E-state index contributed by atoms with van der Waals surface area (Å²) in [5, 5.41) is 10.7. The molecule has 1 amide bonds. The first-order chi connectivity index (χ1) is 10.3. The van der Waals surface area contributed by atoms with Crippen molar-refractivity contribution in [2.75, 3.05) is 26.2 Å². The Morgan fingerprint density at radius 1 is 1.19 bits per heavy atom. The molecule has 0 bridgehead atoms. The van der Waals surface area contributed by atoms with Crippen LogP contribution in [0.3, 0.4) is 0 Å². The molecule has 1 aromatic rings. The molecule has 2 fully saturated rings. The van der Waals surface area contributed by atoms with Gasteiger partial charge in [0.1, 0.15) is 0 Å². The fraction of sp³-hybridized carbons (Fsp3) is 0.750. The Balaban J connectivity index is 1.41. The zero-order valence-electron chi connectivity index (χ0n) is 12.5. The Hall–Kier alpha value is -1.36. The zero-order chi connectivity index (χ0) is 14.2. The summed E-state index contributed by atoms with van der Waals surface area (Å²) in [5.41, 5.74) is 2.48. The number of H-pyrrole nitrogens is 1. The fourth-order valence-corrected chi connectivity index (χ4v) is 4.32. The maximum absolute atomic E-state index is 12.8. The van der Waals surface area contributed by atoms with Crippen LogP contribution >= 0.6 is 0 Å². The summed E-state index contributed by atoms with van der Waals surface area (Å²) in [7, 11) is 0. The largest absolute Gasteiger partial charge is 0.342 e. The first-order valence-corrected chi connectivity index (χ1v) is 8.32. The summed E-state index contributed by atoms with van der Waals surface area (Å²) in [5.74, 6) is 2.11. The van der Waals surface area contributed by atoms with E-state index in [1.165, 1.54) is 24.1 Å². The Kier molecular flexibility index (Phi) is 3.45. The minimum atomic E-state index is 0.161. The van der Waals surface area contributed by atoms with E-state index in [0.29, 0.717) is 5.91 Å². The summed E-state index contributed by atoms with van der Waals surface area (Å²) < 4.78 is 0. The van der Waals surface area contributed by atoms with Gasteiger partial charge in [0, 0.05) is 31.1 Å². The van der Waals surface area contributed by atoms with Crippen LogP contribution in [-0.4, -0.2) is 47.2 Å². The molecule has 0 radical (unpaired) electrons. The van der Waals surface area contributed by atoms with Gasteiger partial charge in [0.05, 0.1) is 6.20 Å². The van der Waals surface area contributed by atoms with E-state index in [1.54, 1.807) is 0 Å². The average Bonchev–Trinajstić information content (AvgIpc) is 3.11. The summed E-state index contributed by atoms with van der Waals surface area (Å²) in [6.45, 7) is 4.20. The third-order valence-electron chi connectivity index (χ3n) is 5.70. The standard InChI is InChI=1S/C16H24N4O/c21-16(11-1-2-14-10-18-19-15(14)7-11)20-5-3-12-8-17-9-13(12)4-6-20/h10-13,17H,1-9H2,(H,18,19)/t11?,12-,13+. The number of likely N-dealkylation sites (tertiary alicyclic amines) is 1. The molecule has 21 heavy (non-hydrogen) atoms. The van der Waals surface area contributed by atoms with Crippen LogP contribution < -0.4 is 5.32 Å². The van der Waals surface area contributed by atoms with Gasteiger partial charge in [-0.2, -0.15) is 5.10 Å². The predicted octanol–water partition coefficient (Wildman–Crippen LogP) is 0.973. The molecule has 5 nitrogen and oxygen atoms in total. The van der Waals surface area contributed by atoms with Crippen LogP contribution in [0.5, 0.6) is 0 Å². The monoisotopic (exact) mass is 288 g/mol. The molecule has 5 heteroatoms. The van der Waals surface area contributed by atoms with Crippen LogP contribution in [0.1, 0.15) is 30.5 Å². The molecular weight excluding hydrogens is 264 g/mol. The van der Waals surface area contributed by atoms with E-state index in [9.17, 15) is 4.79 Å². The van der Waals surface area contributed by atoms with Crippen LogP contribution in [0, 0.1) is 17.8 Å². The number of aromatic nitrogens is 2. The number of hydrogen-bond acceptors (Lipinski definition) is 3. The van der Waals surface area contributed by atoms with E-state index in [-0.39, 0.29) is 5.92 Å². The van der Waals surface area contributed by atoms with Crippen LogP contribution in [-0.2, 0) is 17.6 Å². The molecule has 2 N–H and O–H groups in total. The molecule has 4 rings (SSSR count). The van der Waals surface area contributed by atoms with Gasteiger partial charge in [0.15, 0.2) is 0 Å². The molecule has 2 aliphatic heterocycles. The predicted molar refractivity (Wildman–Crippen MR) is 79.8 cm³/mol. The van der Waals surface area contributed by atoms with Crippen LogP contribution in [0.4, 0.5) is 0 Å². The third kappa shape index (κ3) is 2.48. The number of aromatic amines is 1. The van der Waals surface area contributed by atoms with E-state index in [2.05, 4.69) is 20.4 Å². The molecule has 114 valence electrons. The van der Waals surface area contributed by atoms with Gasteiger partial charge >= 0.3 is 0 Å². The summed E-state index contributed by atoms with van der Waals surface area (Å²) >= 11 is 0. The number of fused-ring (bicyclic) bond motifs is 2. The molecule has 2 saturated heterocycles. The second-order valence-corrected chi connectivity index (χ2v) is 6.89. The number of hydrogen-bond donors (Lipinski definition) is 2. The number of nitrogens with zero attached hydrogens (tertiary/aromatic N) is 2. The second kappa shape index (κ2) is 5.44. The molecule has 0 saturated carbocycles. The van der Waals surface area contributed by atoms with Gasteiger partial charge in [-0.1, -0.05) is 0 Å². The van der Waals surface area contributed by atoms with Gasteiger partial charge in [-0.3, -0.25) is 9.89 Å². The minimum Gasteiger partial charge on any atom is -0.342 e. The van der Waals surface area contributed by atoms with Crippen LogP contribution in [0.2, 0.25) is 0 Å². The van der Waals surface area contributed by atoms with E-state index >= 15 is 0 Å². The highest BCUT2D eigenvalue weighted by molar-refractivity contribution is 5.79. The van der Waals surface area contributed by atoms with E-state index in [4.69, 9.17) is 0 Å². The molecule has 1 unspecified atom stereocenters. The molecule has 0 spiro atoms. The SMILES string of the molecule is O=C(C1CCc2cn[nH]c2C1)N1CC[C@@H]2CNC[C@@H]2CC1. The number of carbonyl (C=O) groups excluding carboxylic acids is 1. The van der Waals surface area contributed by atoms with Crippen molar-refractivity contribution in [1.29, 1.82) is 0 Å². The van der Waals surface area contributed by atoms with Gasteiger partial charge in [0.25, 0.3) is 0 Å². The van der Waals surface area contributed by atoms with Gasteiger partial charge in [-0.05, 0) is 56.2 Å².